The molecule has 0 radical (unpaired) electrons. The lowest BCUT2D eigenvalue weighted by molar-refractivity contribution is 0.154. The molecular formula is C15H23BrClFN2O. The normalized spacial score (nSPS) is 17.1. The van der Waals surface area contributed by atoms with Crippen molar-refractivity contribution in [3.8, 4) is 5.75 Å². The third-order valence-electron chi connectivity index (χ3n) is 3.61. The smallest absolute Gasteiger partial charge is 0.124 e. The molecule has 21 heavy (non-hydrogen) atoms. The summed E-state index contributed by atoms with van der Waals surface area (Å²) in [6.07, 6.45) is 0.510. The number of nitrogens with one attached hydrogen (secondary N) is 1. The second-order valence-electron chi connectivity index (χ2n) is 4.89. The first kappa shape index (κ1) is 18.7. The van der Waals surface area contributed by atoms with E-state index in [9.17, 15) is 4.39 Å². The summed E-state index contributed by atoms with van der Waals surface area (Å²) in [5.74, 6) is 0.868. The third kappa shape index (κ3) is 5.09. The van der Waals surface area contributed by atoms with Crippen LogP contribution in [0.2, 0.25) is 0 Å². The Morgan fingerprint density at radius 2 is 2.10 bits per heavy atom. The number of rotatable bonds is 6. The van der Waals surface area contributed by atoms with Crippen LogP contribution in [-0.4, -0.2) is 44.4 Å². The molecule has 120 valence electrons. The maximum atomic E-state index is 13.0. The molecule has 0 aliphatic carbocycles. The molecule has 1 saturated heterocycles. The first-order valence-electron chi connectivity index (χ1n) is 7.19. The zero-order chi connectivity index (χ0) is 14.4. The van der Waals surface area contributed by atoms with Gasteiger partial charge >= 0.3 is 0 Å². The molecule has 1 N–H and O–H groups in total. The van der Waals surface area contributed by atoms with E-state index in [0.717, 1.165) is 42.0 Å². The molecule has 0 spiro atoms. The summed E-state index contributed by atoms with van der Waals surface area (Å²) in [5.41, 5.74) is 1.08. The van der Waals surface area contributed by atoms with Crippen LogP contribution in [0.4, 0.5) is 4.39 Å². The van der Waals surface area contributed by atoms with Gasteiger partial charge in [0.15, 0.2) is 0 Å². The largest absolute Gasteiger partial charge is 0.494 e. The van der Waals surface area contributed by atoms with Gasteiger partial charge in [-0.3, -0.25) is 9.29 Å². The van der Waals surface area contributed by atoms with Gasteiger partial charge in [0.2, 0.25) is 0 Å². The molecule has 0 amide bonds. The molecule has 0 aromatic heterocycles. The number of benzene rings is 1. The molecule has 1 atom stereocenters. The number of alkyl halides is 1. The van der Waals surface area contributed by atoms with E-state index in [0.29, 0.717) is 13.0 Å². The molecule has 0 unspecified atom stereocenters. The predicted octanol–water partition coefficient (Wildman–Crippen LogP) is 3.58. The fourth-order valence-electron chi connectivity index (χ4n) is 2.70. The maximum absolute atomic E-state index is 13.0. The monoisotopic (exact) mass is 380 g/mol. The lowest BCUT2D eigenvalue weighted by Crippen LogP contribution is -2.45. The highest BCUT2D eigenvalue weighted by Gasteiger charge is 2.24. The van der Waals surface area contributed by atoms with Crippen molar-refractivity contribution in [1.29, 1.82) is 0 Å². The minimum Gasteiger partial charge on any atom is -0.494 e. The van der Waals surface area contributed by atoms with Crippen molar-refractivity contribution in [3.05, 3.63) is 28.2 Å². The first-order chi connectivity index (χ1) is 9.76. The minimum absolute atomic E-state index is 0. The molecule has 6 heteroatoms. The maximum Gasteiger partial charge on any atom is 0.124 e. The molecule has 1 heterocycles. The minimum atomic E-state index is -0.313. The van der Waals surface area contributed by atoms with Crippen LogP contribution in [0.15, 0.2) is 22.7 Å². The van der Waals surface area contributed by atoms with Gasteiger partial charge in [0.05, 0.1) is 13.3 Å². The van der Waals surface area contributed by atoms with E-state index >= 15 is 0 Å². The Labute approximate surface area is 140 Å². The lowest BCUT2D eigenvalue weighted by atomic mass is 10.0. The number of piperazine rings is 1. The van der Waals surface area contributed by atoms with Crippen LogP contribution < -0.4 is 10.1 Å². The van der Waals surface area contributed by atoms with Crippen molar-refractivity contribution < 1.29 is 9.13 Å². The van der Waals surface area contributed by atoms with Crippen LogP contribution in [0, 0.1) is 0 Å². The Balaban J connectivity index is 0.00000220. The molecule has 0 bridgehead atoms. The van der Waals surface area contributed by atoms with Crippen LogP contribution in [0.5, 0.6) is 5.75 Å². The standard InChI is InChI=1S/C15H22BrFN2O.ClH/c1-2-20-15-4-3-12(16)11-13(15)14(5-6-17)19-9-7-18-8-10-19;/h3-4,11,14,18H,2,5-10H2,1H3;1H/t14-;/m0./s1. The molecule has 1 aliphatic heterocycles. The van der Waals surface area contributed by atoms with Crippen LogP contribution >= 0.6 is 28.3 Å². The number of ether oxygens (including phenoxy) is 1. The zero-order valence-corrected chi connectivity index (χ0v) is 14.7. The van der Waals surface area contributed by atoms with Gasteiger partial charge in [-0.25, -0.2) is 0 Å². The fraction of sp³-hybridized carbons (Fsp3) is 0.600. The fourth-order valence-corrected chi connectivity index (χ4v) is 3.08. The summed E-state index contributed by atoms with van der Waals surface area (Å²) in [6.45, 7) is 6.10. The summed E-state index contributed by atoms with van der Waals surface area (Å²) in [5, 5.41) is 3.34. The number of nitrogens with zero attached hydrogens (tertiary/aromatic N) is 1. The van der Waals surface area contributed by atoms with Gasteiger partial charge in [-0.1, -0.05) is 15.9 Å². The molecule has 1 aromatic rings. The van der Waals surface area contributed by atoms with Crippen molar-refractivity contribution in [2.45, 2.75) is 19.4 Å². The second kappa shape index (κ2) is 9.62. The predicted molar refractivity (Wildman–Crippen MR) is 90.3 cm³/mol. The molecule has 2 rings (SSSR count). The quantitative estimate of drug-likeness (QED) is 0.815. The van der Waals surface area contributed by atoms with E-state index in [2.05, 4.69) is 32.2 Å². The average molecular weight is 382 g/mol. The highest BCUT2D eigenvalue weighted by molar-refractivity contribution is 9.10. The molecule has 3 nitrogen and oxygen atoms in total. The van der Waals surface area contributed by atoms with Gasteiger partial charge in [-0.2, -0.15) is 0 Å². The van der Waals surface area contributed by atoms with Crippen molar-refractivity contribution in [2.24, 2.45) is 0 Å². The Bertz CT molecular complexity index is 430. The topological polar surface area (TPSA) is 24.5 Å². The van der Waals surface area contributed by atoms with Gasteiger partial charge in [0, 0.05) is 42.3 Å². The highest BCUT2D eigenvalue weighted by atomic mass is 79.9. The van der Waals surface area contributed by atoms with Gasteiger partial charge in [0.1, 0.15) is 5.75 Å². The van der Waals surface area contributed by atoms with Crippen molar-refractivity contribution in [1.82, 2.24) is 10.2 Å². The molecule has 1 aromatic carbocycles. The van der Waals surface area contributed by atoms with E-state index in [1.165, 1.54) is 0 Å². The van der Waals surface area contributed by atoms with Crippen LogP contribution in [-0.2, 0) is 0 Å². The summed E-state index contributed by atoms with van der Waals surface area (Å²) >= 11 is 3.51. The van der Waals surface area contributed by atoms with Crippen LogP contribution in [0.1, 0.15) is 24.9 Å². The Hall–Kier alpha value is -0.360. The van der Waals surface area contributed by atoms with Gasteiger partial charge in [-0.05, 0) is 31.5 Å². The SMILES string of the molecule is CCOc1ccc(Br)cc1[C@H](CCF)N1CCNCC1.Cl. The summed E-state index contributed by atoms with van der Waals surface area (Å²) in [7, 11) is 0. The Kier molecular flexibility index (Phi) is 8.56. The highest BCUT2D eigenvalue weighted by Crippen LogP contribution is 2.34. The van der Waals surface area contributed by atoms with E-state index in [1.54, 1.807) is 0 Å². The third-order valence-corrected chi connectivity index (χ3v) is 4.10. The molecule has 1 fully saturated rings. The number of halogens is 3. The Morgan fingerprint density at radius 3 is 2.71 bits per heavy atom. The lowest BCUT2D eigenvalue weighted by Gasteiger charge is -2.35. The van der Waals surface area contributed by atoms with Crippen LogP contribution in [0.3, 0.4) is 0 Å². The van der Waals surface area contributed by atoms with E-state index in [1.807, 2.05) is 19.1 Å². The Morgan fingerprint density at radius 1 is 1.38 bits per heavy atom. The van der Waals surface area contributed by atoms with Gasteiger partial charge in [-0.15, -0.1) is 12.4 Å². The van der Waals surface area contributed by atoms with Crippen LogP contribution in [0.25, 0.3) is 0 Å². The summed E-state index contributed by atoms with van der Waals surface area (Å²) in [4.78, 5) is 2.35. The summed E-state index contributed by atoms with van der Waals surface area (Å²) < 4.78 is 19.7. The van der Waals surface area contributed by atoms with Crippen molar-refractivity contribution in [2.75, 3.05) is 39.5 Å². The number of hydrogen-bond acceptors (Lipinski definition) is 3. The van der Waals surface area contributed by atoms with Crippen molar-refractivity contribution >= 4 is 28.3 Å². The number of hydrogen-bond donors (Lipinski definition) is 1. The average Bonchev–Trinajstić information content (AvgIpc) is 2.48. The zero-order valence-electron chi connectivity index (χ0n) is 12.3. The van der Waals surface area contributed by atoms with Gasteiger partial charge in [0.25, 0.3) is 0 Å². The molecule has 1 aliphatic rings. The van der Waals surface area contributed by atoms with Gasteiger partial charge < -0.3 is 10.1 Å². The van der Waals surface area contributed by atoms with Crippen molar-refractivity contribution in [3.63, 3.8) is 0 Å². The second-order valence-corrected chi connectivity index (χ2v) is 5.81. The van der Waals surface area contributed by atoms with E-state index in [-0.39, 0.29) is 25.1 Å². The van der Waals surface area contributed by atoms with E-state index in [4.69, 9.17) is 4.74 Å². The summed E-state index contributed by atoms with van der Waals surface area (Å²) in [6, 6.07) is 6.09. The van der Waals surface area contributed by atoms with E-state index < -0.39 is 0 Å². The molecule has 0 saturated carbocycles. The molecular weight excluding hydrogens is 359 g/mol. The first-order valence-corrected chi connectivity index (χ1v) is 7.98.